The van der Waals surface area contributed by atoms with Crippen molar-refractivity contribution in [1.29, 1.82) is 0 Å². The number of anilines is 1. The Bertz CT molecular complexity index is 587. The van der Waals surface area contributed by atoms with Gasteiger partial charge in [0.15, 0.2) is 5.82 Å². The summed E-state index contributed by atoms with van der Waals surface area (Å²) in [5, 5.41) is 4.16. The average Bonchev–Trinajstić information content (AvgIpc) is 2.98. The molecule has 0 atom stereocenters. The lowest BCUT2D eigenvalue weighted by Gasteiger charge is -2.26. The zero-order valence-corrected chi connectivity index (χ0v) is 12.5. The fraction of sp³-hybridized carbons (Fsp3) is 0.562. The van der Waals surface area contributed by atoms with Crippen LogP contribution in [0, 0.1) is 5.92 Å². The number of aromatic nitrogens is 3. The highest BCUT2D eigenvalue weighted by atomic mass is 16.5. The second kappa shape index (κ2) is 6.24. The number of pyridine rings is 1. The summed E-state index contributed by atoms with van der Waals surface area (Å²) in [7, 11) is 0. The van der Waals surface area contributed by atoms with Gasteiger partial charge in [0.25, 0.3) is 5.89 Å². The van der Waals surface area contributed by atoms with Gasteiger partial charge >= 0.3 is 0 Å². The first kappa shape index (κ1) is 14.0. The summed E-state index contributed by atoms with van der Waals surface area (Å²) < 4.78 is 5.38. The molecule has 0 aliphatic heterocycles. The van der Waals surface area contributed by atoms with E-state index < -0.39 is 0 Å². The molecule has 0 amide bonds. The third-order valence-electron chi connectivity index (χ3n) is 4.36. The number of hydrogen-bond acceptors (Lipinski definition) is 5. The van der Waals surface area contributed by atoms with Crippen LogP contribution in [0.4, 0.5) is 5.69 Å². The Morgan fingerprint density at radius 2 is 2.05 bits per heavy atom. The zero-order chi connectivity index (χ0) is 14.7. The first-order valence-corrected chi connectivity index (χ1v) is 7.80. The fourth-order valence-corrected chi connectivity index (χ4v) is 3.21. The Morgan fingerprint density at radius 3 is 2.76 bits per heavy atom. The van der Waals surface area contributed by atoms with Crippen molar-refractivity contribution in [2.24, 2.45) is 5.92 Å². The lowest BCUT2D eigenvalue weighted by Crippen LogP contribution is -2.14. The minimum absolute atomic E-state index is 0.435. The molecule has 112 valence electrons. The van der Waals surface area contributed by atoms with Crippen LogP contribution in [0.1, 0.15) is 57.2 Å². The van der Waals surface area contributed by atoms with Crippen LogP contribution in [0.25, 0.3) is 11.5 Å². The molecule has 3 rings (SSSR count). The molecule has 1 saturated carbocycles. The maximum Gasteiger partial charge on any atom is 0.259 e. The van der Waals surface area contributed by atoms with Gasteiger partial charge in [-0.25, -0.2) is 0 Å². The van der Waals surface area contributed by atoms with Crippen molar-refractivity contribution in [3.8, 4) is 11.5 Å². The predicted molar refractivity (Wildman–Crippen MR) is 81.5 cm³/mol. The number of rotatable bonds is 4. The number of nitrogens with two attached hydrogens (primary N) is 1. The smallest absolute Gasteiger partial charge is 0.259 e. The van der Waals surface area contributed by atoms with Crippen molar-refractivity contribution >= 4 is 5.69 Å². The van der Waals surface area contributed by atoms with E-state index >= 15 is 0 Å². The Labute approximate surface area is 125 Å². The first-order chi connectivity index (χ1) is 10.3. The van der Waals surface area contributed by atoms with Crippen molar-refractivity contribution in [3.63, 3.8) is 0 Å². The van der Waals surface area contributed by atoms with Crippen LogP contribution >= 0.6 is 0 Å². The summed E-state index contributed by atoms with van der Waals surface area (Å²) in [6.45, 7) is 2.26. The van der Waals surface area contributed by atoms with Crippen LogP contribution in [-0.4, -0.2) is 15.1 Å². The van der Waals surface area contributed by atoms with Crippen molar-refractivity contribution in [2.45, 2.75) is 51.4 Å². The lowest BCUT2D eigenvalue weighted by molar-refractivity contribution is 0.296. The topological polar surface area (TPSA) is 77.8 Å². The van der Waals surface area contributed by atoms with Crippen LogP contribution in [0.2, 0.25) is 0 Å². The molecule has 0 unspecified atom stereocenters. The molecule has 2 N–H and O–H groups in total. The summed E-state index contributed by atoms with van der Waals surface area (Å²) in [5.41, 5.74) is 7.13. The van der Waals surface area contributed by atoms with Gasteiger partial charge in [-0.1, -0.05) is 24.9 Å². The SMILES string of the molecule is CCCC1CCC(c2noc(-c3cncc(N)c3)n2)CC1. The predicted octanol–water partition coefficient (Wildman–Crippen LogP) is 3.79. The quantitative estimate of drug-likeness (QED) is 0.925. The van der Waals surface area contributed by atoms with Crippen LogP contribution in [0.15, 0.2) is 23.0 Å². The Hall–Kier alpha value is -1.91. The van der Waals surface area contributed by atoms with E-state index in [1.54, 1.807) is 12.4 Å². The molecule has 0 aromatic carbocycles. The summed E-state index contributed by atoms with van der Waals surface area (Å²) in [6.07, 6.45) is 10.8. The highest BCUT2D eigenvalue weighted by molar-refractivity contribution is 5.57. The van der Waals surface area contributed by atoms with Gasteiger partial charge in [-0.3, -0.25) is 4.98 Å². The molecule has 5 heteroatoms. The maximum atomic E-state index is 5.74. The van der Waals surface area contributed by atoms with E-state index in [0.717, 1.165) is 17.3 Å². The highest BCUT2D eigenvalue weighted by Crippen LogP contribution is 2.36. The molecule has 2 aromatic rings. The van der Waals surface area contributed by atoms with E-state index in [9.17, 15) is 0 Å². The van der Waals surface area contributed by atoms with Gasteiger partial charge in [-0.05, 0) is 37.7 Å². The molecule has 2 heterocycles. The van der Waals surface area contributed by atoms with Gasteiger partial charge in [0, 0.05) is 18.3 Å². The minimum atomic E-state index is 0.435. The number of hydrogen-bond donors (Lipinski definition) is 1. The van der Waals surface area contributed by atoms with Gasteiger partial charge in [0.1, 0.15) is 0 Å². The molecule has 0 spiro atoms. The van der Waals surface area contributed by atoms with Gasteiger partial charge in [0.05, 0.1) is 11.3 Å². The zero-order valence-electron chi connectivity index (χ0n) is 12.5. The molecular weight excluding hydrogens is 264 g/mol. The second-order valence-corrected chi connectivity index (χ2v) is 5.97. The van der Waals surface area contributed by atoms with Crippen LogP contribution < -0.4 is 5.73 Å². The van der Waals surface area contributed by atoms with E-state index in [1.165, 1.54) is 38.5 Å². The average molecular weight is 286 g/mol. The summed E-state index contributed by atoms with van der Waals surface area (Å²) >= 11 is 0. The van der Waals surface area contributed by atoms with Crippen LogP contribution in [0.3, 0.4) is 0 Å². The lowest BCUT2D eigenvalue weighted by atomic mass is 9.80. The Kier molecular flexibility index (Phi) is 4.18. The first-order valence-electron chi connectivity index (χ1n) is 7.80. The maximum absolute atomic E-state index is 5.74. The Morgan fingerprint density at radius 1 is 1.24 bits per heavy atom. The minimum Gasteiger partial charge on any atom is -0.397 e. The van der Waals surface area contributed by atoms with Crippen molar-refractivity contribution < 1.29 is 4.52 Å². The normalized spacial score (nSPS) is 22.3. The largest absolute Gasteiger partial charge is 0.397 e. The summed E-state index contributed by atoms with van der Waals surface area (Å²) in [5.74, 6) is 2.67. The number of nitrogens with zero attached hydrogens (tertiary/aromatic N) is 3. The molecule has 0 saturated heterocycles. The number of nitrogen functional groups attached to an aromatic ring is 1. The Balaban J connectivity index is 1.68. The highest BCUT2D eigenvalue weighted by Gasteiger charge is 2.25. The van der Waals surface area contributed by atoms with Gasteiger partial charge in [-0.2, -0.15) is 4.98 Å². The van der Waals surface area contributed by atoms with Gasteiger partial charge in [0.2, 0.25) is 0 Å². The molecule has 1 fully saturated rings. The molecule has 21 heavy (non-hydrogen) atoms. The molecular formula is C16H22N4O. The molecule has 2 aromatic heterocycles. The molecule has 1 aliphatic carbocycles. The van der Waals surface area contributed by atoms with E-state index in [4.69, 9.17) is 10.3 Å². The van der Waals surface area contributed by atoms with Gasteiger partial charge in [-0.15, -0.1) is 0 Å². The molecule has 1 aliphatic rings. The van der Waals surface area contributed by atoms with Crippen molar-refractivity contribution in [3.05, 3.63) is 24.3 Å². The van der Waals surface area contributed by atoms with Gasteiger partial charge < -0.3 is 10.3 Å². The van der Waals surface area contributed by atoms with E-state index in [1.807, 2.05) is 6.07 Å². The fourth-order valence-electron chi connectivity index (χ4n) is 3.21. The third kappa shape index (κ3) is 3.23. The third-order valence-corrected chi connectivity index (χ3v) is 4.36. The monoisotopic (exact) mass is 286 g/mol. The van der Waals surface area contributed by atoms with Crippen LogP contribution in [-0.2, 0) is 0 Å². The van der Waals surface area contributed by atoms with E-state index in [-0.39, 0.29) is 0 Å². The summed E-state index contributed by atoms with van der Waals surface area (Å²) in [4.78, 5) is 8.60. The molecule has 0 bridgehead atoms. The standard InChI is InChI=1S/C16H22N4O/c1-2-3-11-4-6-12(7-5-11)15-19-16(21-20-15)13-8-14(17)10-18-9-13/h8-12H,2-7,17H2,1H3. The summed E-state index contributed by atoms with van der Waals surface area (Å²) in [6, 6.07) is 1.81. The molecule has 5 nitrogen and oxygen atoms in total. The van der Waals surface area contributed by atoms with E-state index in [2.05, 4.69) is 22.0 Å². The molecule has 0 radical (unpaired) electrons. The second-order valence-electron chi connectivity index (χ2n) is 5.97. The van der Waals surface area contributed by atoms with Crippen LogP contribution in [0.5, 0.6) is 0 Å². The van der Waals surface area contributed by atoms with Crippen molar-refractivity contribution in [1.82, 2.24) is 15.1 Å². The van der Waals surface area contributed by atoms with Crippen molar-refractivity contribution in [2.75, 3.05) is 5.73 Å². The van der Waals surface area contributed by atoms with E-state index in [0.29, 0.717) is 17.5 Å².